The average molecular weight is 176 g/mol. The summed E-state index contributed by atoms with van der Waals surface area (Å²) in [6, 6.07) is 1.94. The van der Waals surface area contributed by atoms with Crippen LogP contribution in [0.4, 0.5) is 0 Å². The fourth-order valence-corrected chi connectivity index (χ4v) is 1.76. The van der Waals surface area contributed by atoms with E-state index in [9.17, 15) is 4.79 Å². The molecule has 1 aromatic rings. The summed E-state index contributed by atoms with van der Waals surface area (Å²) in [6.45, 7) is 4.71. The van der Waals surface area contributed by atoms with Crippen molar-refractivity contribution in [1.29, 1.82) is 0 Å². The van der Waals surface area contributed by atoms with Crippen LogP contribution in [-0.4, -0.2) is 12.9 Å². The van der Waals surface area contributed by atoms with Gasteiger partial charge in [-0.1, -0.05) is 0 Å². The molecule has 0 bridgehead atoms. The Morgan fingerprint density at radius 1 is 1.38 bits per heavy atom. The molecule has 2 rings (SSSR count). The summed E-state index contributed by atoms with van der Waals surface area (Å²) in [7, 11) is 0. The fourth-order valence-electron chi connectivity index (χ4n) is 1.76. The molecule has 68 valence electrons. The predicted molar refractivity (Wildman–Crippen MR) is 50.5 cm³/mol. The van der Waals surface area contributed by atoms with E-state index in [1.807, 2.05) is 19.9 Å². The number of carbonyl (C=O) groups is 1. The molecule has 0 radical (unpaired) electrons. The van der Waals surface area contributed by atoms with E-state index in [-0.39, 0.29) is 0 Å². The highest BCUT2D eigenvalue weighted by molar-refractivity contribution is 5.79. The quantitative estimate of drug-likeness (QED) is 0.612. The van der Waals surface area contributed by atoms with E-state index < -0.39 is 0 Å². The Balaban J connectivity index is 2.68. The van der Waals surface area contributed by atoms with Crippen LogP contribution in [0.15, 0.2) is 6.07 Å². The van der Waals surface area contributed by atoms with Crippen molar-refractivity contribution in [2.45, 2.75) is 20.3 Å². The zero-order chi connectivity index (χ0) is 9.42. The van der Waals surface area contributed by atoms with E-state index >= 15 is 0 Å². The summed E-state index contributed by atoms with van der Waals surface area (Å²) in [4.78, 5) is 10.7. The molecule has 0 fully saturated rings. The molecule has 1 aliphatic heterocycles. The van der Waals surface area contributed by atoms with Gasteiger partial charge in [0, 0.05) is 12.0 Å². The van der Waals surface area contributed by atoms with Crippen molar-refractivity contribution in [1.82, 2.24) is 0 Å². The summed E-state index contributed by atoms with van der Waals surface area (Å²) in [6.07, 6.45) is 1.85. The van der Waals surface area contributed by atoms with E-state index in [0.717, 1.165) is 41.8 Å². The highest BCUT2D eigenvalue weighted by atomic mass is 16.5. The van der Waals surface area contributed by atoms with Crippen molar-refractivity contribution in [3.63, 3.8) is 0 Å². The monoisotopic (exact) mass is 176 g/mol. The van der Waals surface area contributed by atoms with Crippen molar-refractivity contribution in [2.75, 3.05) is 6.61 Å². The largest absolute Gasteiger partial charge is 0.493 e. The summed E-state index contributed by atoms with van der Waals surface area (Å²) in [5.74, 6) is 0.989. The first kappa shape index (κ1) is 8.30. The fraction of sp³-hybridized carbons (Fsp3) is 0.364. The Morgan fingerprint density at radius 3 is 2.85 bits per heavy atom. The number of fused-ring (bicyclic) bond motifs is 1. The number of hydrogen-bond acceptors (Lipinski definition) is 2. The Labute approximate surface area is 77.5 Å². The molecule has 13 heavy (non-hydrogen) atoms. The zero-order valence-electron chi connectivity index (χ0n) is 7.89. The third-order valence-electron chi connectivity index (χ3n) is 2.70. The minimum absolute atomic E-state index is 0.748. The maximum absolute atomic E-state index is 10.7. The smallest absolute Gasteiger partial charge is 0.150 e. The van der Waals surface area contributed by atoms with Gasteiger partial charge in [-0.25, -0.2) is 0 Å². The van der Waals surface area contributed by atoms with Crippen molar-refractivity contribution in [3.8, 4) is 5.75 Å². The van der Waals surface area contributed by atoms with Crippen LogP contribution in [0.2, 0.25) is 0 Å². The molecule has 0 N–H and O–H groups in total. The molecular formula is C11H12O2. The van der Waals surface area contributed by atoms with Crippen molar-refractivity contribution < 1.29 is 9.53 Å². The van der Waals surface area contributed by atoms with Crippen LogP contribution >= 0.6 is 0 Å². The van der Waals surface area contributed by atoms with E-state index in [2.05, 4.69) is 0 Å². The number of ether oxygens (including phenoxy) is 1. The van der Waals surface area contributed by atoms with Crippen LogP contribution in [0.5, 0.6) is 5.75 Å². The van der Waals surface area contributed by atoms with Crippen LogP contribution in [0.25, 0.3) is 0 Å². The third kappa shape index (κ3) is 1.13. The van der Waals surface area contributed by atoms with Gasteiger partial charge in [-0.2, -0.15) is 0 Å². The Bertz CT molecular complexity index is 367. The Hall–Kier alpha value is -1.31. The molecular weight excluding hydrogens is 164 g/mol. The summed E-state index contributed by atoms with van der Waals surface area (Å²) < 4.78 is 5.49. The van der Waals surface area contributed by atoms with Gasteiger partial charge in [0.25, 0.3) is 0 Å². The first-order chi connectivity index (χ1) is 6.24. The van der Waals surface area contributed by atoms with E-state index in [1.165, 1.54) is 5.56 Å². The molecule has 0 unspecified atom stereocenters. The number of benzene rings is 1. The molecule has 0 saturated carbocycles. The predicted octanol–water partition coefficient (Wildman–Crippen LogP) is 2.05. The Kier molecular flexibility index (Phi) is 1.83. The third-order valence-corrected chi connectivity index (χ3v) is 2.70. The van der Waals surface area contributed by atoms with Gasteiger partial charge < -0.3 is 4.74 Å². The molecule has 1 heterocycles. The van der Waals surface area contributed by atoms with Gasteiger partial charge >= 0.3 is 0 Å². The van der Waals surface area contributed by atoms with Gasteiger partial charge in [0.2, 0.25) is 0 Å². The van der Waals surface area contributed by atoms with Crippen LogP contribution in [0, 0.1) is 13.8 Å². The number of aldehydes is 1. The van der Waals surface area contributed by atoms with Gasteiger partial charge in [0.15, 0.2) is 0 Å². The van der Waals surface area contributed by atoms with E-state index in [1.54, 1.807) is 0 Å². The van der Waals surface area contributed by atoms with Crippen LogP contribution in [-0.2, 0) is 6.42 Å². The lowest BCUT2D eigenvalue weighted by Gasteiger charge is -2.08. The summed E-state index contributed by atoms with van der Waals surface area (Å²) >= 11 is 0. The lowest BCUT2D eigenvalue weighted by atomic mass is 9.99. The molecule has 1 aromatic carbocycles. The molecule has 2 heteroatoms. The van der Waals surface area contributed by atoms with Gasteiger partial charge in [0.05, 0.1) is 6.61 Å². The van der Waals surface area contributed by atoms with Gasteiger partial charge in [-0.05, 0) is 36.6 Å². The molecule has 1 aliphatic rings. The first-order valence-corrected chi connectivity index (χ1v) is 4.45. The van der Waals surface area contributed by atoms with Crippen LogP contribution < -0.4 is 4.74 Å². The normalized spacial score (nSPS) is 13.7. The number of hydrogen-bond donors (Lipinski definition) is 0. The van der Waals surface area contributed by atoms with E-state index in [4.69, 9.17) is 4.74 Å². The second-order valence-corrected chi connectivity index (χ2v) is 3.42. The summed E-state index contributed by atoms with van der Waals surface area (Å²) in [5.41, 5.74) is 4.11. The van der Waals surface area contributed by atoms with Crippen LogP contribution in [0.1, 0.15) is 27.0 Å². The second kappa shape index (κ2) is 2.87. The molecule has 2 nitrogen and oxygen atoms in total. The first-order valence-electron chi connectivity index (χ1n) is 4.45. The van der Waals surface area contributed by atoms with E-state index in [0.29, 0.717) is 0 Å². The highest BCUT2D eigenvalue weighted by Gasteiger charge is 2.17. The molecule has 0 saturated heterocycles. The number of carbonyl (C=O) groups excluding carboxylic acids is 1. The van der Waals surface area contributed by atoms with Gasteiger partial charge in [0.1, 0.15) is 12.0 Å². The van der Waals surface area contributed by atoms with Crippen molar-refractivity contribution in [3.05, 3.63) is 28.3 Å². The second-order valence-electron chi connectivity index (χ2n) is 3.42. The molecule has 0 aliphatic carbocycles. The van der Waals surface area contributed by atoms with Gasteiger partial charge in [-0.15, -0.1) is 0 Å². The van der Waals surface area contributed by atoms with Crippen molar-refractivity contribution >= 4 is 6.29 Å². The lowest BCUT2D eigenvalue weighted by Crippen LogP contribution is -1.94. The average Bonchev–Trinajstić information content (AvgIpc) is 2.59. The highest BCUT2D eigenvalue weighted by Crippen LogP contribution is 2.32. The molecule has 0 spiro atoms. The molecule has 0 atom stereocenters. The van der Waals surface area contributed by atoms with Crippen molar-refractivity contribution in [2.24, 2.45) is 0 Å². The topological polar surface area (TPSA) is 26.3 Å². The SMILES string of the molecule is Cc1c(C=O)cc2c(c1C)OCC2. The zero-order valence-corrected chi connectivity index (χ0v) is 7.89. The molecule has 0 aromatic heterocycles. The maximum atomic E-state index is 10.7. The summed E-state index contributed by atoms with van der Waals surface area (Å²) in [5, 5.41) is 0. The maximum Gasteiger partial charge on any atom is 0.150 e. The number of rotatable bonds is 1. The lowest BCUT2D eigenvalue weighted by molar-refractivity contribution is 0.112. The molecule has 0 amide bonds. The standard InChI is InChI=1S/C11H12O2/c1-7-8(2)11-9(3-4-13-11)5-10(7)6-12/h5-6H,3-4H2,1-2H3. The van der Waals surface area contributed by atoms with Crippen LogP contribution in [0.3, 0.4) is 0 Å². The minimum Gasteiger partial charge on any atom is -0.493 e. The Morgan fingerprint density at radius 2 is 2.15 bits per heavy atom. The van der Waals surface area contributed by atoms with Gasteiger partial charge in [-0.3, -0.25) is 4.79 Å². The minimum atomic E-state index is 0.748.